The lowest BCUT2D eigenvalue weighted by molar-refractivity contribution is -0.327. The second-order valence-corrected chi connectivity index (χ2v) is 9.07. The molecular formula is C26H43F3O3. The van der Waals surface area contributed by atoms with Gasteiger partial charge >= 0.3 is 0 Å². The monoisotopic (exact) mass is 460 g/mol. The standard InChI is InChI=1S/C26H43F3O3/c1-6-7-8-9-10-11-12-14-22(32-26(30-19(2)3)31-20(4)5)15-13-16-23-24(28)17-21(27)18-25(23)29/h17-20,22,26H,6-16H2,1-5H3. The van der Waals surface area contributed by atoms with Crippen LogP contribution in [0.3, 0.4) is 0 Å². The summed E-state index contributed by atoms with van der Waals surface area (Å²) < 4.78 is 58.8. The maximum Gasteiger partial charge on any atom is 0.272 e. The van der Waals surface area contributed by atoms with Gasteiger partial charge in [0.15, 0.2) is 0 Å². The SMILES string of the molecule is CCCCCCCCCC(CCCc1c(F)cc(F)cc1F)OC(OC(C)C)OC(C)C. The molecule has 0 N–H and O–H groups in total. The second-order valence-electron chi connectivity index (χ2n) is 9.07. The van der Waals surface area contributed by atoms with E-state index in [1.54, 1.807) is 0 Å². The second kappa shape index (κ2) is 16.5. The van der Waals surface area contributed by atoms with Crippen LogP contribution >= 0.6 is 0 Å². The number of hydrogen-bond donors (Lipinski definition) is 0. The van der Waals surface area contributed by atoms with Crippen molar-refractivity contribution in [3.05, 3.63) is 35.1 Å². The van der Waals surface area contributed by atoms with Crippen molar-refractivity contribution in [1.29, 1.82) is 0 Å². The predicted molar refractivity (Wildman–Crippen MR) is 123 cm³/mol. The van der Waals surface area contributed by atoms with Crippen LogP contribution in [-0.2, 0) is 20.6 Å². The van der Waals surface area contributed by atoms with Gasteiger partial charge < -0.3 is 14.2 Å². The molecular weight excluding hydrogens is 417 g/mol. The van der Waals surface area contributed by atoms with Crippen LogP contribution in [0, 0.1) is 17.5 Å². The third-order valence-electron chi connectivity index (χ3n) is 5.26. The maximum atomic E-state index is 14.0. The molecule has 1 aromatic rings. The summed E-state index contributed by atoms with van der Waals surface area (Å²) in [5.74, 6) is -2.57. The molecule has 0 heterocycles. The molecule has 6 heteroatoms. The van der Waals surface area contributed by atoms with Crippen molar-refractivity contribution in [2.24, 2.45) is 0 Å². The molecule has 0 aliphatic rings. The number of hydrogen-bond acceptors (Lipinski definition) is 3. The molecule has 0 aromatic heterocycles. The largest absolute Gasteiger partial charge is 0.327 e. The zero-order valence-electron chi connectivity index (χ0n) is 20.6. The Morgan fingerprint density at radius 2 is 1.19 bits per heavy atom. The van der Waals surface area contributed by atoms with E-state index in [0.29, 0.717) is 12.8 Å². The Morgan fingerprint density at radius 1 is 0.688 bits per heavy atom. The Hall–Kier alpha value is -1.11. The summed E-state index contributed by atoms with van der Waals surface area (Å²) in [7, 11) is 0. The van der Waals surface area contributed by atoms with Gasteiger partial charge in [0, 0.05) is 17.7 Å². The summed E-state index contributed by atoms with van der Waals surface area (Å²) in [5, 5.41) is 0. The first-order valence-electron chi connectivity index (χ1n) is 12.3. The van der Waals surface area contributed by atoms with Crippen LogP contribution in [0.2, 0.25) is 0 Å². The summed E-state index contributed by atoms with van der Waals surface area (Å²) in [6, 6.07) is 1.46. The fraction of sp³-hybridized carbons (Fsp3) is 0.769. The van der Waals surface area contributed by atoms with E-state index in [-0.39, 0.29) is 30.3 Å². The summed E-state index contributed by atoms with van der Waals surface area (Å²) in [6.07, 6.45) is 10.3. The molecule has 0 aliphatic heterocycles. The highest BCUT2D eigenvalue weighted by atomic mass is 19.1. The Morgan fingerprint density at radius 3 is 1.72 bits per heavy atom. The average molecular weight is 461 g/mol. The lowest BCUT2D eigenvalue weighted by atomic mass is 10.0. The number of benzene rings is 1. The van der Waals surface area contributed by atoms with E-state index in [0.717, 1.165) is 31.4 Å². The van der Waals surface area contributed by atoms with Crippen LogP contribution < -0.4 is 0 Å². The first kappa shape index (κ1) is 28.9. The fourth-order valence-electron chi connectivity index (χ4n) is 3.62. The molecule has 1 aromatic carbocycles. The van der Waals surface area contributed by atoms with E-state index in [9.17, 15) is 13.2 Å². The minimum absolute atomic E-state index is 0.0552. The smallest absolute Gasteiger partial charge is 0.272 e. The van der Waals surface area contributed by atoms with Crippen LogP contribution in [0.1, 0.15) is 104 Å². The van der Waals surface area contributed by atoms with E-state index < -0.39 is 23.9 Å². The summed E-state index contributed by atoms with van der Waals surface area (Å²) in [6.45, 7) is 9.12. The lowest BCUT2D eigenvalue weighted by Crippen LogP contribution is -2.32. The number of halogens is 3. The summed E-state index contributed by atoms with van der Waals surface area (Å²) in [5.41, 5.74) is -0.0746. The van der Waals surface area contributed by atoms with Crippen molar-refractivity contribution in [3.63, 3.8) is 0 Å². The highest BCUT2D eigenvalue weighted by Crippen LogP contribution is 2.22. The van der Waals surface area contributed by atoms with Crippen molar-refractivity contribution in [1.82, 2.24) is 0 Å². The molecule has 0 spiro atoms. The Kier molecular flexibility index (Phi) is 14.9. The highest BCUT2D eigenvalue weighted by Gasteiger charge is 2.21. The number of ether oxygens (including phenoxy) is 3. The van der Waals surface area contributed by atoms with E-state index in [2.05, 4.69) is 6.92 Å². The molecule has 0 radical (unpaired) electrons. The van der Waals surface area contributed by atoms with Gasteiger partial charge in [-0.1, -0.05) is 51.9 Å². The van der Waals surface area contributed by atoms with Crippen LogP contribution in [0.25, 0.3) is 0 Å². The van der Waals surface area contributed by atoms with Gasteiger partial charge in [-0.25, -0.2) is 13.2 Å². The van der Waals surface area contributed by atoms with Gasteiger partial charge in [-0.15, -0.1) is 0 Å². The van der Waals surface area contributed by atoms with Crippen molar-refractivity contribution in [2.45, 2.75) is 130 Å². The first-order chi connectivity index (χ1) is 15.2. The molecule has 0 saturated heterocycles. The molecule has 0 saturated carbocycles. The minimum atomic E-state index is -0.900. The van der Waals surface area contributed by atoms with Crippen LogP contribution in [0.5, 0.6) is 0 Å². The van der Waals surface area contributed by atoms with E-state index in [1.807, 2.05) is 27.7 Å². The molecule has 186 valence electrons. The quantitative estimate of drug-likeness (QED) is 0.164. The van der Waals surface area contributed by atoms with Gasteiger partial charge in [-0.2, -0.15) is 0 Å². The normalized spacial score (nSPS) is 13.0. The number of rotatable bonds is 18. The Balaban J connectivity index is 2.65. The van der Waals surface area contributed by atoms with E-state index in [4.69, 9.17) is 14.2 Å². The molecule has 1 unspecified atom stereocenters. The fourth-order valence-corrected chi connectivity index (χ4v) is 3.62. The summed E-state index contributed by atoms with van der Waals surface area (Å²) in [4.78, 5) is 0. The predicted octanol–water partition coefficient (Wildman–Crippen LogP) is 8.09. The third-order valence-corrected chi connectivity index (χ3v) is 5.26. The van der Waals surface area contributed by atoms with Gasteiger partial charge in [-0.05, 0) is 53.4 Å². The Bertz CT molecular complexity index is 589. The molecule has 0 aliphatic carbocycles. The molecule has 32 heavy (non-hydrogen) atoms. The molecule has 3 nitrogen and oxygen atoms in total. The molecule has 1 rings (SSSR count). The van der Waals surface area contributed by atoms with E-state index >= 15 is 0 Å². The van der Waals surface area contributed by atoms with Crippen LogP contribution in [-0.4, -0.2) is 24.8 Å². The van der Waals surface area contributed by atoms with Crippen LogP contribution in [0.4, 0.5) is 13.2 Å². The first-order valence-corrected chi connectivity index (χ1v) is 12.3. The third kappa shape index (κ3) is 12.8. The topological polar surface area (TPSA) is 27.7 Å². The molecule has 0 bridgehead atoms. The van der Waals surface area contributed by atoms with Crippen molar-refractivity contribution in [2.75, 3.05) is 0 Å². The van der Waals surface area contributed by atoms with Crippen molar-refractivity contribution >= 4 is 0 Å². The maximum absolute atomic E-state index is 14.0. The average Bonchev–Trinajstić information content (AvgIpc) is 2.67. The van der Waals surface area contributed by atoms with Gasteiger partial charge in [0.1, 0.15) is 17.5 Å². The summed E-state index contributed by atoms with van der Waals surface area (Å²) >= 11 is 0. The molecule has 0 amide bonds. The van der Waals surface area contributed by atoms with Crippen molar-refractivity contribution < 1.29 is 27.4 Å². The van der Waals surface area contributed by atoms with Gasteiger partial charge in [0.25, 0.3) is 6.48 Å². The lowest BCUT2D eigenvalue weighted by Gasteiger charge is -2.28. The number of unbranched alkanes of at least 4 members (excludes halogenated alkanes) is 6. The zero-order chi connectivity index (χ0) is 23.9. The van der Waals surface area contributed by atoms with Gasteiger partial charge in [0.05, 0.1) is 18.3 Å². The Labute approximate surface area is 193 Å². The van der Waals surface area contributed by atoms with Gasteiger partial charge in [-0.3, -0.25) is 0 Å². The van der Waals surface area contributed by atoms with E-state index in [1.165, 1.54) is 32.1 Å². The zero-order valence-corrected chi connectivity index (χ0v) is 20.6. The van der Waals surface area contributed by atoms with Gasteiger partial charge in [0.2, 0.25) is 0 Å². The van der Waals surface area contributed by atoms with Crippen LogP contribution in [0.15, 0.2) is 12.1 Å². The molecule has 1 atom stereocenters. The minimum Gasteiger partial charge on any atom is -0.327 e. The van der Waals surface area contributed by atoms with Crippen molar-refractivity contribution in [3.8, 4) is 0 Å². The highest BCUT2D eigenvalue weighted by molar-refractivity contribution is 5.20. The molecule has 0 fully saturated rings.